The molecular formula is C39H53N5O7. The second-order valence-corrected chi connectivity index (χ2v) is 14.8. The molecule has 0 aliphatic carbocycles. The van der Waals surface area contributed by atoms with E-state index in [0.717, 1.165) is 22.4 Å². The highest BCUT2D eigenvalue weighted by molar-refractivity contribution is 5.87. The monoisotopic (exact) mass is 703 g/mol. The van der Waals surface area contributed by atoms with Gasteiger partial charge in [0.15, 0.2) is 0 Å². The highest BCUT2D eigenvalue weighted by Crippen LogP contribution is 2.24. The molecule has 4 amide bonds. The predicted octanol–water partition coefficient (Wildman–Crippen LogP) is 4.80. The molecule has 1 aromatic heterocycles. The van der Waals surface area contributed by atoms with Gasteiger partial charge < -0.3 is 35.8 Å². The molecule has 2 aromatic carbocycles. The number of aliphatic hydroxyl groups is 1. The van der Waals surface area contributed by atoms with Gasteiger partial charge in [-0.15, -0.1) is 0 Å². The summed E-state index contributed by atoms with van der Waals surface area (Å²) in [5, 5.41) is 23.2. The molecule has 0 spiro atoms. The topological polar surface area (TPSA) is 168 Å². The van der Waals surface area contributed by atoms with Crippen LogP contribution in [0, 0.1) is 10.8 Å². The largest absolute Gasteiger partial charge is 0.453 e. The fourth-order valence-electron chi connectivity index (χ4n) is 5.68. The van der Waals surface area contributed by atoms with Crippen molar-refractivity contribution in [3.8, 4) is 11.3 Å². The van der Waals surface area contributed by atoms with Crippen LogP contribution < -0.4 is 21.3 Å². The van der Waals surface area contributed by atoms with Gasteiger partial charge in [0.05, 0.1) is 32.1 Å². The molecule has 12 nitrogen and oxygen atoms in total. The summed E-state index contributed by atoms with van der Waals surface area (Å²) in [5.41, 5.74) is 2.12. The summed E-state index contributed by atoms with van der Waals surface area (Å²) < 4.78 is 9.56. The number of aliphatic hydroxyl groups excluding tert-OH is 1. The van der Waals surface area contributed by atoms with Crippen LogP contribution in [0.4, 0.5) is 9.59 Å². The van der Waals surface area contributed by atoms with Crippen molar-refractivity contribution in [3.63, 3.8) is 0 Å². The third kappa shape index (κ3) is 12.7. The summed E-state index contributed by atoms with van der Waals surface area (Å²) >= 11 is 0. The molecule has 3 rings (SSSR count). The fraction of sp³-hybridized carbons (Fsp3) is 0.462. The molecule has 12 heteroatoms. The van der Waals surface area contributed by atoms with Gasteiger partial charge in [-0.25, -0.2) is 9.59 Å². The Morgan fingerprint density at radius 3 is 1.67 bits per heavy atom. The van der Waals surface area contributed by atoms with Crippen LogP contribution in [0.1, 0.15) is 59.1 Å². The number of ether oxygens (including phenoxy) is 2. The zero-order chi connectivity index (χ0) is 37.8. The lowest BCUT2D eigenvalue weighted by Gasteiger charge is -2.34. The number of hydrogen-bond acceptors (Lipinski definition) is 8. The van der Waals surface area contributed by atoms with Crippen LogP contribution in [0.3, 0.4) is 0 Å². The van der Waals surface area contributed by atoms with Crippen molar-refractivity contribution in [2.75, 3.05) is 14.2 Å². The molecule has 1 heterocycles. The first-order valence-corrected chi connectivity index (χ1v) is 17.0. The smallest absolute Gasteiger partial charge is 0.407 e. The third-order valence-corrected chi connectivity index (χ3v) is 8.51. The average molecular weight is 704 g/mol. The lowest BCUT2D eigenvalue weighted by Crippen LogP contribution is -2.59. The maximum absolute atomic E-state index is 13.8. The zero-order valence-corrected chi connectivity index (χ0v) is 30.9. The number of benzene rings is 2. The van der Waals surface area contributed by atoms with E-state index in [4.69, 9.17) is 9.47 Å². The van der Waals surface area contributed by atoms with E-state index in [1.807, 2.05) is 114 Å². The first kappa shape index (κ1) is 40.5. The van der Waals surface area contributed by atoms with Crippen molar-refractivity contribution in [3.05, 3.63) is 90.1 Å². The van der Waals surface area contributed by atoms with Crippen LogP contribution in [0.2, 0.25) is 0 Å². The van der Waals surface area contributed by atoms with Gasteiger partial charge in [0.2, 0.25) is 11.8 Å². The molecule has 51 heavy (non-hydrogen) atoms. The number of hydrogen-bond donors (Lipinski definition) is 5. The van der Waals surface area contributed by atoms with Gasteiger partial charge in [0.25, 0.3) is 0 Å². The SMILES string of the molecule is COC(=O)N[C@H](C(=O)N[C@@H](Cc1ccccc1)C[C@H](O)[C@H](Cc1ccc(-c2ccccn2)cc1)NC(=O)[C@@H](NC(=O)OC)C(C)(C)C)C(C)(C)C. The van der Waals surface area contributed by atoms with Gasteiger partial charge in [-0.2, -0.15) is 0 Å². The summed E-state index contributed by atoms with van der Waals surface area (Å²) in [6, 6.07) is 19.5. The Labute approximate surface area is 301 Å². The molecule has 0 aliphatic rings. The Morgan fingerprint density at radius 1 is 0.667 bits per heavy atom. The van der Waals surface area contributed by atoms with Crippen LogP contribution in [-0.2, 0) is 31.9 Å². The number of aromatic nitrogens is 1. The van der Waals surface area contributed by atoms with E-state index >= 15 is 0 Å². The summed E-state index contributed by atoms with van der Waals surface area (Å²) in [6.07, 6.45) is -0.269. The molecule has 0 bridgehead atoms. The van der Waals surface area contributed by atoms with Crippen molar-refractivity contribution < 1.29 is 33.8 Å². The van der Waals surface area contributed by atoms with E-state index in [1.165, 1.54) is 14.2 Å². The minimum atomic E-state index is -1.15. The van der Waals surface area contributed by atoms with Crippen LogP contribution in [0.15, 0.2) is 79.0 Å². The highest BCUT2D eigenvalue weighted by atomic mass is 16.5. The predicted molar refractivity (Wildman–Crippen MR) is 196 cm³/mol. The number of rotatable bonds is 14. The number of carbonyl (C=O) groups is 4. The van der Waals surface area contributed by atoms with Crippen LogP contribution in [0.25, 0.3) is 11.3 Å². The third-order valence-electron chi connectivity index (χ3n) is 8.51. The maximum Gasteiger partial charge on any atom is 0.407 e. The van der Waals surface area contributed by atoms with Gasteiger partial charge in [-0.3, -0.25) is 14.6 Å². The van der Waals surface area contributed by atoms with E-state index in [9.17, 15) is 24.3 Å². The Hall–Kier alpha value is -4.97. The Kier molecular flexibility index (Phi) is 14.5. The summed E-state index contributed by atoms with van der Waals surface area (Å²) in [5.74, 6) is -0.942. The Morgan fingerprint density at radius 2 is 1.18 bits per heavy atom. The number of methoxy groups -OCH3 is 2. The molecule has 5 atom stereocenters. The van der Waals surface area contributed by atoms with Crippen LogP contribution in [0.5, 0.6) is 0 Å². The number of nitrogens with one attached hydrogen (secondary N) is 4. The summed E-state index contributed by atoms with van der Waals surface area (Å²) in [6.45, 7) is 10.9. The number of alkyl carbamates (subject to hydrolysis) is 2. The van der Waals surface area contributed by atoms with Gasteiger partial charge in [0.1, 0.15) is 12.1 Å². The molecule has 0 fully saturated rings. The number of amides is 4. The van der Waals surface area contributed by atoms with Gasteiger partial charge >= 0.3 is 12.2 Å². The molecule has 5 N–H and O–H groups in total. The molecule has 0 radical (unpaired) electrons. The van der Waals surface area contributed by atoms with Crippen molar-refractivity contribution in [2.45, 2.75) is 91.1 Å². The Bertz CT molecular complexity index is 1570. The van der Waals surface area contributed by atoms with Crippen molar-refractivity contribution in [1.82, 2.24) is 26.3 Å². The minimum Gasteiger partial charge on any atom is -0.453 e. The van der Waals surface area contributed by atoms with Crippen molar-refractivity contribution >= 4 is 24.0 Å². The molecule has 0 saturated heterocycles. The minimum absolute atomic E-state index is 0.0529. The number of pyridine rings is 1. The summed E-state index contributed by atoms with van der Waals surface area (Å²) in [7, 11) is 2.45. The average Bonchev–Trinajstić information content (AvgIpc) is 3.08. The molecule has 0 aliphatic heterocycles. The number of carbonyl (C=O) groups excluding carboxylic acids is 4. The zero-order valence-electron chi connectivity index (χ0n) is 30.9. The standard InChI is InChI=1S/C39H53N5O7/c1-38(2,3)32(43-36(48)50-7)34(46)41-28(22-25-14-10-9-11-15-25)24-31(45)30(42-35(47)33(39(4,5)6)44-37(49)51-8)23-26-17-19-27(20-18-26)29-16-12-13-21-40-29/h9-21,28,30-33,45H,22-24H2,1-8H3,(H,41,46)(H,42,47)(H,43,48)(H,44,49)/t28-,30-,31-,32+,33+/m0/s1. The molecule has 0 unspecified atom stereocenters. The van der Waals surface area contributed by atoms with Crippen molar-refractivity contribution in [1.29, 1.82) is 0 Å². The first-order chi connectivity index (χ1) is 24.0. The van der Waals surface area contributed by atoms with Crippen molar-refractivity contribution in [2.24, 2.45) is 10.8 Å². The van der Waals surface area contributed by atoms with E-state index < -0.39 is 65.1 Å². The molecule has 3 aromatic rings. The molecule has 0 saturated carbocycles. The summed E-state index contributed by atoms with van der Waals surface area (Å²) in [4.78, 5) is 56.4. The van der Waals surface area contributed by atoms with Gasteiger partial charge in [-0.05, 0) is 53.4 Å². The highest BCUT2D eigenvalue weighted by Gasteiger charge is 2.37. The van der Waals surface area contributed by atoms with E-state index in [0.29, 0.717) is 6.42 Å². The van der Waals surface area contributed by atoms with E-state index in [-0.39, 0.29) is 12.8 Å². The van der Waals surface area contributed by atoms with E-state index in [1.54, 1.807) is 6.20 Å². The lowest BCUT2D eigenvalue weighted by atomic mass is 9.85. The second kappa shape index (κ2) is 18.3. The quantitative estimate of drug-likeness (QED) is 0.160. The normalized spacial score (nSPS) is 14.5. The first-order valence-electron chi connectivity index (χ1n) is 17.0. The van der Waals surface area contributed by atoms with E-state index in [2.05, 4.69) is 26.3 Å². The second-order valence-electron chi connectivity index (χ2n) is 14.8. The van der Waals surface area contributed by atoms with Gasteiger partial charge in [-0.1, -0.05) is 102 Å². The van der Waals surface area contributed by atoms with Crippen LogP contribution >= 0.6 is 0 Å². The molecular weight excluding hydrogens is 650 g/mol. The Balaban J connectivity index is 1.96. The maximum atomic E-state index is 13.8. The fourth-order valence-corrected chi connectivity index (χ4v) is 5.68. The molecule has 276 valence electrons. The number of nitrogens with zero attached hydrogens (tertiary/aromatic N) is 1. The van der Waals surface area contributed by atoms with Crippen LogP contribution in [-0.4, -0.2) is 78.6 Å². The van der Waals surface area contributed by atoms with Gasteiger partial charge in [0, 0.05) is 17.8 Å². The lowest BCUT2D eigenvalue weighted by molar-refractivity contribution is -0.128.